The number of fused-ring (bicyclic) bond motifs is 1. The van der Waals surface area contributed by atoms with Crippen LogP contribution in [0.5, 0.6) is 5.75 Å². The fourth-order valence-electron chi connectivity index (χ4n) is 4.03. The summed E-state index contributed by atoms with van der Waals surface area (Å²) in [4.78, 5) is 17.8. The first-order valence-electron chi connectivity index (χ1n) is 10.7. The minimum absolute atomic E-state index is 0.0486. The molecular weight excluding hydrogens is 446 g/mol. The van der Waals surface area contributed by atoms with Gasteiger partial charge in [0.05, 0.1) is 21.7 Å². The Balaban J connectivity index is 1.59. The van der Waals surface area contributed by atoms with E-state index < -0.39 is 15.9 Å². The zero-order chi connectivity index (χ0) is 22.9. The molecule has 0 N–H and O–H groups in total. The Morgan fingerprint density at radius 2 is 1.88 bits per heavy atom. The van der Waals surface area contributed by atoms with E-state index >= 15 is 0 Å². The van der Waals surface area contributed by atoms with Crippen LogP contribution < -0.4 is 9.54 Å². The Bertz CT molecular complexity index is 1300. The van der Waals surface area contributed by atoms with Crippen molar-refractivity contribution in [2.75, 3.05) is 13.7 Å². The summed E-state index contributed by atoms with van der Waals surface area (Å²) in [6.07, 6.45) is 3.90. The molecule has 1 amide bonds. The van der Waals surface area contributed by atoms with E-state index in [1.165, 1.54) is 39.9 Å². The Morgan fingerprint density at radius 1 is 1.19 bits per heavy atom. The number of thiazole rings is 1. The number of aromatic nitrogens is 1. The van der Waals surface area contributed by atoms with Gasteiger partial charge in [0.25, 0.3) is 5.91 Å². The lowest BCUT2D eigenvalue weighted by Gasteiger charge is -2.23. The highest BCUT2D eigenvalue weighted by molar-refractivity contribution is 7.89. The van der Waals surface area contributed by atoms with Gasteiger partial charge in [0.15, 0.2) is 4.80 Å². The Kier molecular flexibility index (Phi) is 6.50. The normalized spacial score (nSPS) is 15.7. The van der Waals surface area contributed by atoms with Crippen molar-refractivity contribution in [3.63, 3.8) is 0 Å². The fourth-order valence-corrected chi connectivity index (χ4v) is 6.49. The molecule has 32 heavy (non-hydrogen) atoms. The van der Waals surface area contributed by atoms with Crippen molar-refractivity contribution in [3.8, 4) is 5.75 Å². The summed E-state index contributed by atoms with van der Waals surface area (Å²) in [5.41, 5.74) is 1.31. The van der Waals surface area contributed by atoms with Crippen molar-refractivity contribution in [1.29, 1.82) is 0 Å². The van der Waals surface area contributed by atoms with Gasteiger partial charge in [-0.15, -0.1) is 0 Å². The highest BCUT2D eigenvalue weighted by Crippen LogP contribution is 2.27. The Morgan fingerprint density at radius 3 is 2.53 bits per heavy atom. The molecule has 0 spiro atoms. The summed E-state index contributed by atoms with van der Waals surface area (Å²) < 4.78 is 35.7. The number of ether oxygens (including phenoxy) is 1. The number of carbonyl (C=O) groups is 1. The minimum atomic E-state index is -3.58. The molecule has 1 aliphatic carbocycles. The molecule has 9 heteroatoms. The predicted molar refractivity (Wildman–Crippen MR) is 126 cm³/mol. The standard InChI is InChI=1S/C23H27N3O4S2/c1-4-30-18-11-14-20-21(15-18)31-23(25(20)2)24-22(27)16-9-12-19(13-10-16)32(28,29)26(3)17-7-5-6-8-17/h9-15,17H,4-8H2,1-3H3. The topological polar surface area (TPSA) is 81.0 Å². The molecule has 3 aromatic rings. The van der Waals surface area contributed by atoms with E-state index in [4.69, 9.17) is 4.74 Å². The number of benzene rings is 2. The summed E-state index contributed by atoms with van der Waals surface area (Å²) in [5.74, 6) is 0.365. The molecule has 1 saturated carbocycles. The summed E-state index contributed by atoms with van der Waals surface area (Å²) >= 11 is 1.41. The molecule has 170 valence electrons. The van der Waals surface area contributed by atoms with Gasteiger partial charge in [0.2, 0.25) is 10.0 Å². The zero-order valence-corrected chi connectivity index (χ0v) is 20.1. The number of aryl methyl sites for hydroxylation is 1. The third kappa shape index (κ3) is 4.37. The summed E-state index contributed by atoms with van der Waals surface area (Å²) in [6.45, 7) is 2.52. The van der Waals surface area contributed by atoms with Gasteiger partial charge < -0.3 is 9.30 Å². The van der Waals surface area contributed by atoms with E-state index in [2.05, 4.69) is 4.99 Å². The second kappa shape index (κ2) is 9.17. The number of sulfonamides is 1. The summed E-state index contributed by atoms with van der Waals surface area (Å²) in [5, 5.41) is 0. The summed E-state index contributed by atoms with van der Waals surface area (Å²) in [7, 11) is -0.0812. The van der Waals surface area contributed by atoms with Crippen LogP contribution in [0.25, 0.3) is 10.2 Å². The van der Waals surface area contributed by atoms with Crippen molar-refractivity contribution in [3.05, 3.63) is 52.8 Å². The minimum Gasteiger partial charge on any atom is -0.494 e. The van der Waals surface area contributed by atoms with Gasteiger partial charge in [-0.2, -0.15) is 9.30 Å². The lowest BCUT2D eigenvalue weighted by molar-refractivity contribution is 0.0998. The van der Waals surface area contributed by atoms with Crippen LogP contribution in [0, 0.1) is 0 Å². The van der Waals surface area contributed by atoms with E-state index in [1.54, 1.807) is 7.05 Å². The third-order valence-corrected chi connectivity index (χ3v) is 8.93. The van der Waals surface area contributed by atoms with Gasteiger partial charge in [-0.25, -0.2) is 8.42 Å². The molecule has 1 heterocycles. The summed E-state index contributed by atoms with van der Waals surface area (Å²) in [6, 6.07) is 11.9. The van der Waals surface area contributed by atoms with Crippen LogP contribution in [0.3, 0.4) is 0 Å². The van der Waals surface area contributed by atoms with Crippen molar-refractivity contribution >= 4 is 37.5 Å². The zero-order valence-electron chi connectivity index (χ0n) is 18.4. The van der Waals surface area contributed by atoms with Crippen LogP contribution in [0.4, 0.5) is 0 Å². The fraction of sp³-hybridized carbons (Fsp3) is 0.391. The largest absolute Gasteiger partial charge is 0.494 e. The molecule has 0 bridgehead atoms. The molecule has 0 saturated heterocycles. The number of hydrogen-bond acceptors (Lipinski definition) is 5. The number of amides is 1. The van der Waals surface area contributed by atoms with Crippen LogP contribution in [-0.4, -0.2) is 42.9 Å². The van der Waals surface area contributed by atoms with Crippen LogP contribution in [-0.2, 0) is 17.1 Å². The molecule has 0 radical (unpaired) electrons. The molecular formula is C23H27N3O4S2. The van der Waals surface area contributed by atoms with Gasteiger partial charge in [0.1, 0.15) is 5.75 Å². The number of nitrogens with zero attached hydrogens (tertiary/aromatic N) is 3. The maximum Gasteiger partial charge on any atom is 0.279 e. The lowest BCUT2D eigenvalue weighted by atomic mass is 10.2. The number of carbonyl (C=O) groups excluding carboxylic acids is 1. The molecule has 1 aliphatic rings. The van der Waals surface area contributed by atoms with Gasteiger partial charge in [0, 0.05) is 25.7 Å². The average molecular weight is 474 g/mol. The van der Waals surface area contributed by atoms with E-state index in [0.29, 0.717) is 17.0 Å². The van der Waals surface area contributed by atoms with Gasteiger partial charge in [-0.3, -0.25) is 4.79 Å². The van der Waals surface area contributed by atoms with E-state index in [1.807, 2.05) is 36.7 Å². The molecule has 0 atom stereocenters. The SMILES string of the molecule is CCOc1ccc2c(c1)sc(=NC(=O)c1ccc(S(=O)(=O)N(C)C3CCCC3)cc1)n2C. The first-order valence-corrected chi connectivity index (χ1v) is 13.0. The van der Waals surface area contributed by atoms with Gasteiger partial charge in [-0.1, -0.05) is 24.2 Å². The van der Waals surface area contributed by atoms with E-state index in [-0.39, 0.29) is 10.9 Å². The van der Waals surface area contributed by atoms with Crippen LogP contribution in [0.2, 0.25) is 0 Å². The third-order valence-electron chi connectivity index (χ3n) is 5.91. The second-order valence-electron chi connectivity index (χ2n) is 7.91. The maximum absolute atomic E-state index is 12.9. The van der Waals surface area contributed by atoms with E-state index in [0.717, 1.165) is 41.6 Å². The molecule has 0 unspecified atom stereocenters. The molecule has 1 fully saturated rings. The van der Waals surface area contributed by atoms with Crippen LogP contribution >= 0.6 is 11.3 Å². The maximum atomic E-state index is 12.9. The van der Waals surface area contributed by atoms with Crippen molar-refractivity contribution < 1.29 is 17.9 Å². The molecule has 0 aliphatic heterocycles. The Hall–Kier alpha value is -2.49. The second-order valence-corrected chi connectivity index (χ2v) is 10.9. The molecule has 1 aromatic heterocycles. The smallest absolute Gasteiger partial charge is 0.279 e. The van der Waals surface area contributed by atoms with Crippen LogP contribution in [0.15, 0.2) is 52.4 Å². The first-order chi connectivity index (χ1) is 15.3. The first kappa shape index (κ1) is 22.7. The monoisotopic (exact) mass is 473 g/mol. The van der Waals surface area contributed by atoms with Gasteiger partial charge in [-0.05, 0) is 62.2 Å². The van der Waals surface area contributed by atoms with Crippen molar-refractivity contribution in [1.82, 2.24) is 8.87 Å². The quantitative estimate of drug-likeness (QED) is 0.543. The molecule has 2 aromatic carbocycles. The molecule has 4 rings (SSSR count). The highest BCUT2D eigenvalue weighted by atomic mass is 32.2. The lowest BCUT2D eigenvalue weighted by Crippen LogP contribution is -2.35. The van der Waals surface area contributed by atoms with Gasteiger partial charge >= 0.3 is 0 Å². The number of rotatable bonds is 6. The predicted octanol–water partition coefficient (Wildman–Crippen LogP) is 3.94. The van der Waals surface area contributed by atoms with Crippen molar-refractivity contribution in [2.24, 2.45) is 12.0 Å². The Labute approximate surface area is 192 Å². The number of hydrogen-bond donors (Lipinski definition) is 0. The van der Waals surface area contributed by atoms with Crippen LogP contribution in [0.1, 0.15) is 43.0 Å². The highest BCUT2D eigenvalue weighted by Gasteiger charge is 2.30. The average Bonchev–Trinajstić information content (AvgIpc) is 3.42. The molecule has 7 nitrogen and oxygen atoms in total. The van der Waals surface area contributed by atoms with Crippen molar-refractivity contribution in [2.45, 2.75) is 43.5 Å². The van der Waals surface area contributed by atoms with E-state index in [9.17, 15) is 13.2 Å².